The van der Waals surface area contributed by atoms with Gasteiger partial charge in [-0.2, -0.15) is 0 Å². The Morgan fingerprint density at radius 3 is 1.56 bits per heavy atom. The highest BCUT2D eigenvalue weighted by Gasteiger charge is 2.19. The molecule has 0 amide bonds. The third-order valence-electron chi connectivity index (χ3n) is 10.2. The van der Waals surface area contributed by atoms with Crippen molar-refractivity contribution in [2.45, 2.75) is 0 Å². The Kier molecular flexibility index (Phi) is 7.37. The second kappa shape index (κ2) is 12.5. The summed E-state index contributed by atoms with van der Waals surface area (Å²) < 4.78 is 14.2. The zero-order valence-electron chi connectivity index (χ0n) is 28.2. The summed E-state index contributed by atoms with van der Waals surface area (Å²) in [6.45, 7) is 0. The molecule has 9 aromatic carbocycles. The van der Waals surface area contributed by atoms with Gasteiger partial charge in [0.2, 0.25) is 0 Å². The minimum absolute atomic E-state index is 0.258. The van der Waals surface area contributed by atoms with Crippen LogP contribution in [0.5, 0.6) is 0 Å². The lowest BCUT2D eigenvalue weighted by molar-refractivity contribution is 0.628. The summed E-state index contributed by atoms with van der Waals surface area (Å²) >= 11 is 0. The van der Waals surface area contributed by atoms with Gasteiger partial charge in [0.25, 0.3) is 0 Å². The summed E-state index contributed by atoms with van der Waals surface area (Å²) in [5.74, 6) is -0.258. The Bertz CT molecular complexity index is 2920. The van der Waals surface area contributed by atoms with Crippen molar-refractivity contribution >= 4 is 77.8 Å². The molecule has 10 aromatic rings. The lowest BCUT2D eigenvalue weighted by atomic mass is 9.89. The monoisotopic (exact) mass is 683 g/mol. The first-order valence-corrected chi connectivity index (χ1v) is 18.9. The highest BCUT2D eigenvalue weighted by Crippen LogP contribution is 2.43. The van der Waals surface area contributed by atoms with E-state index < -0.39 is 7.92 Å². The molecule has 0 atom stereocenters. The van der Waals surface area contributed by atoms with Crippen LogP contribution < -0.4 is 15.9 Å². The van der Waals surface area contributed by atoms with Gasteiger partial charge in [-0.15, -0.1) is 0 Å². The maximum atomic E-state index is 14.2. The zero-order valence-corrected chi connectivity index (χ0v) is 29.1. The van der Waals surface area contributed by atoms with Crippen molar-refractivity contribution in [3.05, 3.63) is 194 Å². The highest BCUT2D eigenvalue weighted by atomic mass is 31.1. The molecule has 1 nitrogen and oxygen atoms in total. The molecule has 3 heteroatoms. The number of benzene rings is 9. The number of halogens is 1. The number of rotatable bonds is 5. The van der Waals surface area contributed by atoms with Crippen molar-refractivity contribution in [2.75, 3.05) is 0 Å². The molecule has 1 heterocycles. The van der Waals surface area contributed by atoms with Crippen molar-refractivity contribution in [3.8, 4) is 22.4 Å². The molecule has 244 valence electrons. The molecule has 0 unspecified atom stereocenters. The molecule has 52 heavy (non-hydrogen) atoms. The highest BCUT2D eigenvalue weighted by molar-refractivity contribution is 7.79. The summed E-state index contributed by atoms with van der Waals surface area (Å²) in [5, 5.41) is 14.5. The molecule has 0 N–H and O–H groups in total. The first-order chi connectivity index (χ1) is 25.7. The summed E-state index contributed by atoms with van der Waals surface area (Å²) in [4.78, 5) is 5.38. The molecule has 0 radical (unpaired) electrons. The van der Waals surface area contributed by atoms with Crippen molar-refractivity contribution in [1.82, 2.24) is 4.98 Å². The lowest BCUT2D eigenvalue weighted by Crippen LogP contribution is -2.20. The number of hydrogen-bond acceptors (Lipinski definition) is 1. The molecule has 0 aliphatic carbocycles. The van der Waals surface area contributed by atoms with Gasteiger partial charge in [-0.1, -0.05) is 146 Å². The van der Waals surface area contributed by atoms with Crippen LogP contribution in [0.2, 0.25) is 0 Å². The lowest BCUT2D eigenvalue weighted by Gasteiger charge is -2.20. The van der Waals surface area contributed by atoms with E-state index in [4.69, 9.17) is 4.98 Å². The topological polar surface area (TPSA) is 12.9 Å². The van der Waals surface area contributed by atoms with Gasteiger partial charge in [0, 0.05) is 21.7 Å². The van der Waals surface area contributed by atoms with Crippen molar-refractivity contribution in [3.63, 3.8) is 0 Å². The molecule has 0 bridgehead atoms. The Labute approximate surface area is 302 Å². The summed E-state index contributed by atoms with van der Waals surface area (Å²) in [6.07, 6.45) is 0. The number of pyridine rings is 1. The fourth-order valence-electron chi connectivity index (χ4n) is 7.83. The van der Waals surface area contributed by atoms with E-state index in [-0.39, 0.29) is 5.82 Å². The number of fused-ring (bicyclic) bond motifs is 9. The Balaban J connectivity index is 1.15. The van der Waals surface area contributed by atoms with Gasteiger partial charge in [-0.3, -0.25) is 0 Å². The largest absolute Gasteiger partial charge is 0.247 e. The maximum absolute atomic E-state index is 14.2. The van der Waals surface area contributed by atoms with Crippen LogP contribution in [0.15, 0.2) is 188 Å². The minimum Gasteiger partial charge on any atom is -0.247 e. The average Bonchev–Trinajstić information content (AvgIpc) is 3.21. The quantitative estimate of drug-likeness (QED) is 0.130. The molecule has 0 saturated carbocycles. The van der Waals surface area contributed by atoms with E-state index in [9.17, 15) is 4.39 Å². The molecule has 0 spiro atoms. The van der Waals surface area contributed by atoms with Crippen LogP contribution in [0.4, 0.5) is 4.39 Å². The third kappa shape index (κ3) is 5.15. The van der Waals surface area contributed by atoms with E-state index in [1.165, 1.54) is 60.4 Å². The van der Waals surface area contributed by atoms with E-state index >= 15 is 0 Å². The van der Waals surface area contributed by atoms with Crippen LogP contribution in [-0.4, -0.2) is 4.98 Å². The van der Waals surface area contributed by atoms with Gasteiger partial charge in [-0.25, -0.2) is 9.37 Å². The summed E-state index contributed by atoms with van der Waals surface area (Å²) in [5.41, 5.74) is 4.92. The van der Waals surface area contributed by atoms with E-state index in [1.807, 2.05) is 12.1 Å². The smallest absolute Gasteiger partial charge is 0.123 e. The van der Waals surface area contributed by atoms with Crippen LogP contribution in [0.1, 0.15) is 0 Å². The first-order valence-electron chi connectivity index (χ1n) is 17.6. The fraction of sp³-hybridized carbons (Fsp3) is 0. The molecule has 10 rings (SSSR count). The van der Waals surface area contributed by atoms with E-state index in [0.717, 1.165) is 44.1 Å². The Morgan fingerprint density at radius 2 is 0.885 bits per heavy atom. The maximum Gasteiger partial charge on any atom is 0.123 e. The Morgan fingerprint density at radius 1 is 0.365 bits per heavy atom. The van der Waals surface area contributed by atoms with Gasteiger partial charge < -0.3 is 0 Å². The molecular weight excluding hydrogens is 653 g/mol. The average molecular weight is 684 g/mol. The van der Waals surface area contributed by atoms with Gasteiger partial charge in [0.1, 0.15) is 5.82 Å². The fourth-order valence-corrected chi connectivity index (χ4v) is 10.2. The first kappa shape index (κ1) is 30.6. The van der Waals surface area contributed by atoms with Crippen LogP contribution in [0.25, 0.3) is 76.4 Å². The van der Waals surface area contributed by atoms with Gasteiger partial charge >= 0.3 is 0 Å². The standard InChI is InChI=1S/C49H31FNP/c50-37-25-21-32(22-26-37)49-48-44-18-10-8-16-42(44)41-15-7-9-17-43(41)47(48)45-28-24-36(31-46(45)51-49)33-19-20-35-30-40(27-23-34(35)29-33)52(38-11-3-1-4-12-38)39-13-5-2-6-14-39/h1-31H. The van der Waals surface area contributed by atoms with E-state index in [2.05, 4.69) is 164 Å². The van der Waals surface area contributed by atoms with E-state index in [1.54, 1.807) is 0 Å². The van der Waals surface area contributed by atoms with Crippen LogP contribution >= 0.6 is 7.92 Å². The van der Waals surface area contributed by atoms with E-state index in [0.29, 0.717) is 0 Å². The van der Waals surface area contributed by atoms with Crippen molar-refractivity contribution in [1.29, 1.82) is 0 Å². The molecule has 1 aromatic heterocycles. The summed E-state index contributed by atoms with van der Waals surface area (Å²) in [6, 6.07) is 66.0. The number of nitrogens with zero attached hydrogens (tertiary/aromatic N) is 1. The van der Waals surface area contributed by atoms with Crippen molar-refractivity contribution < 1.29 is 4.39 Å². The second-order valence-electron chi connectivity index (χ2n) is 13.3. The van der Waals surface area contributed by atoms with Crippen LogP contribution in [-0.2, 0) is 0 Å². The number of hydrogen-bond donors (Lipinski definition) is 0. The SMILES string of the molecule is Fc1ccc(-c2nc3cc(-c4ccc5cc(P(c6ccccc6)c6ccccc6)ccc5c4)ccc3c3c4ccccc4c4ccccc4c23)cc1. The zero-order chi connectivity index (χ0) is 34.6. The van der Waals surface area contributed by atoms with Gasteiger partial charge in [0.15, 0.2) is 0 Å². The Hall–Kier alpha value is -6.21. The van der Waals surface area contributed by atoms with Crippen LogP contribution in [0.3, 0.4) is 0 Å². The van der Waals surface area contributed by atoms with Gasteiger partial charge in [0.05, 0.1) is 11.2 Å². The van der Waals surface area contributed by atoms with Gasteiger partial charge in [-0.05, 0) is 110 Å². The normalized spacial score (nSPS) is 11.7. The third-order valence-corrected chi connectivity index (χ3v) is 12.7. The second-order valence-corrected chi connectivity index (χ2v) is 15.5. The number of aromatic nitrogens is 1. The molecule has 0 fully saturated rings. The predicted octanol–water partition coefficient (Wildman–Crippen LogP) is 12.1. The molecule has 0 aliphatic rings. The van der Waals surface area contributed by atoms with Crippen molar-refractivity contribution in [2.24, 2.45) is 0 Å². The minimum atomic E-state index is -0.683. The predicted molar refractivity (Wildman–Crippen MR) is 221 cm³/mol. The summed E-state index contributed by atoms with van der Waals surface area (Å²) in [7, 11) is -0.683. The molecule has 0 aliphatic heterocycles. The molecular formula is C49H31FNP. The molecule has 0 saturated heterocycles. The van der Waals surface area contributed by atoms with Crippen LogP contribution in [0, 0.1) is 5.82 Å².